The van der Waals surface area contributed by atoms with Crippen molar-refractivity contribution < 1.29 is 9.18 Å². The molecule has 0 radical (unpaired) electrons. The van der Waals surface area contributed by atoms with Crippen LogP contribution in [0.25, 0.3) is 17.3 Å². The Balaban J connectivity index is 1.64. The van der Waals surface area contributed by atoms with E-state index < -0.39 is 0 Å². The van der Waals surface area contributed by atoms with Crippen molar-refractivity contribution in [2.24, 2.45) is 0 Å². The molecule has 0 unspecified atom stereocenters. The SMILES string of the molecule is C[C@@H](NC(=O)c1nn(-c2ccc(Cl)cc2Cl)c2c1CCCCC2=Cc1ccc(F)cc1)c1ccccn1. The van der Waals surface area contributed by atoms with Gasteiger partial charge in [-0.2, -0.15) is 5.10 Å². The highest BCUT2D eigenvalue weighted by Crippen LogP contribution is 2.37. The Kier molecular flexibility index (Phi) is 7.40. The Bertz CT molecular complexity index is 1470. The number of benzene rings is 2. The van der Waals surface area contributed by atoms with Gasteiger partial charge in [-0.1, -0.05) is 41.4 Å². The zero-order valence-corrected chi connectivity index (χ0v) is 21.7. The maximum atomic E-state index is 13.6. The molecule has 0 bridgehead atoms. The minimum Gasteiger partial charge on any atom is -0.343 e. The van der Waals surface area contributed by atoms with Crippen LogP contribution < -0.4 is 5.32 Å². The predicted molar refractivity (Wildman–Crippen MR) is 146 cm³/mol. The number of hydrogen-bond acceptors (Lipinski definition) is 3. The van der Waals surface area contributed by atoms with Gasteiger partial charge in [-0.15, -0.1) is 0 Å². The van der Waals surface area contributed by atoms with Gasteiger partial charge in [-0.25, -0.2) is 9.07 Å². The first-order valence-corrected chi connectivity index (χ1v) is 12.9. The number of pyridine rings is 1. The molecule has 1 amide bonds. The number of aromatic nitrogens is 3. The summed E-state index contributed by atoms with van der Waals surface area (Å²) < 4.78 is 15.3. The smallest absolute Gasteiger partial charge is 0.272 e. The van der Waals surface area contributed by atoms with Crippen LogP contribution in [-0.4, -0.2) is 20.7 Å². The van der Waals surface area contributed by atoms with Crippen LogP contribution in [0.1, 0.15) is 65.2 Å². The van der Waals surface area contributed by atoms with Crippen LogP contribution in [0.4, 0.5) is 4.39 Å². The van der Waals surface area contributed by atoms with E-state index in [0.717, 1.165) is 47.4 Å². The Hall–Kier alpha value is -3.48. The normalized spacial score (nSPS) is 15.2. The molecule has 1 aliphatic carbocycles. The summed E-state index contributed by atoms with van der Waals surface area (Å²) in [5.74, 6) is -0.566. The molecule has 8 heteroatoms. The van der Waals surface area contributed by atoms with Gasteiger partial charge in [0, 0.05) is 16.8 Å². The number of carbonyl (C=O) groups is 1. The number of hydrogen-bond donors (Lipinski definition) is 1. The molecule has 0 saturated carbocycles. The molecule has 1 aliphatic rings. The molecule has 2 aromatic carbocycles. The lowest BCUT2D eigenvalue weighted by atomic mass is 10.0. The molecule has 5 nitrogen and oxygen atoms in total. The number of fused-ring (bicyclic) bond motifs is 1. The van der Waals surface area contributed by atoms with Crippen LogP contribution in [-0.2, 0) is 6.42 Å². The highest BCUT2D eigenvalue weighted by molar-refractivity contribution is 6.35. The number of nitrogens with zero attached hydrogens (tertiary/aromatic N) is 3. The van der Waals surface area contributed by atoms with Crippen LogP contribution in [0.3, 0.4) is 0 Å². The lowest BCUT2D eigenvalue weighted by Gasteiger charge is -2.13. The average Bonchev–Trinajstić information content (AvgIpc) is 3.14. The molecule has 37 heavy (non-hydrogen) atoms. The Labute approximate surface area is 225 Å². The number of rotatable bonds is 5. The van der Waals surface area contributed by atoms with Crippen molar-refractivity contribution in [3.8, 4) is 5.69 Å². The fraction of sp³-hybridized carbons (Fsp3) is 0.207. The van der Waals surface area contributed by atoms with E-state index in [1.54, 1.807) is 41.2 Å². The molecule has 2 heterocycles. The average molecular weight is 535 g/mol. The largest absolute Gasteiger partial charge is 0.343 e. The number of halogens is 3. The molecule has 0 aliphatic heterocycles. The lowest BCUT2D eigenvalue weighted by Crippen LogP contribution is -2.28. The summed E-state index contributed by atoms with van der Waals surface area (Å²) in [4.78, 5) is 17.9. The van der Waals surface area contributed by atoms with Gasteiger partial charge in [0.1, 0.15) is 5.82 Å². The molecule has 2 aromatic heterocycles. The van der Waals surface area contributed by atoms with Gasteiger partial charge < -0.3 is 5.32 Å². The zero-order valence-electron chi connectivity index (χ0n) is 20.2. The minimum absolute atomic E-state index is 0.277. The molecule has 0 spiro atoms. The van der Waals surface area contributed by atoms with Gasteiger partial charge in [-0.3, -0.25) is 9.78 Å². The number of amides is 1. The summed E-state index contributed by atoms with van der Waals surface area (Å²) in [7, 11) is 0. The van der Waals surface area contributed by atoms with Crippen molar-refractivity contribution in [2.45, 2.75) is 38.6 Å². The van der Waals surface area contributed by atoms with E-state index >= 15 is 0 Å². The summed E-state index contributed by atoms with van der Waals surface area (Å²) in [6.45, 7) is 1.89. The fourth-order valence-corrected chi connectivity index (χ4v) is 5.12. The number of nitrogens with one attached hydrogen (secondary N) is 1. The number of carbonyl (C=O) groups excluding carboxylic acids is 1. The third-order valence-corrected chi connectivity index (χ3v) is 6.99. The van der Waals surface area contributed by atoms with Crippen LogP contribution in [0.15, 0.2) is 66.9 Å². The Morgan fingerprint density at radius 2 is 1.86 bits per heavy atom. The second kappa shape index (κ2) is 10.9. The quantitative estimate of drug-likeness (QED) is 0.270. The maximum absolute atomic E-state index is 13.6. The Morgan fingerprint density at radius 1 is 1.08 bits per heavy atom. The standard InChI is InChI=1S/C29H25Cl2FN4O/c1-18(25-8-4-5-15-33-25)34-29(37)27-23-7-3-2-6-20(16-19-9-12-22(32)13-10-19)28(23)36(35-27)26-14-11-21(30)17-24(26)31/h4-5,8-18H,2-3,6-7H2,1H3,(H,34,37)/t18-/m1/s1. The molecule has 0 saturated heterocycles. The molecular weight excluding hydrogens is 510 g/mol. The van der Waals surface area contributed by atoms with E-state index in [2.05, 4.69) is 10.3 Å². The van der Waals surface area contributed by atoms with E-state index in [1.165, 1.54) is 12.1 Å². The lowest BCUT2D eigenvalue weighted by molar-refractivity contribution is 0.0932. The molecule has 4 aromatic rings. The van der Waals surface area contributed by atoms with Gasteiger partial charge in [0.25, 0.3) is 5.91 Å². The monoisotopic (exact) mass is 534 g/mol. The van der Waals surface area contributed by atoms with Crippen LogP contribution in [0, 0.1) is 5.82 Å². The highest BCUT2D eigenvalue weighted by Gasteiger charge is 2.29. The predicted octanol–water partition coefficient (Wildman–Crippen LogP) is 7.47. The van der Waals surface area contributed by atoms with Crippen molar-refractivity contribution in [2.75, 3.05) is 0 Å². The summed E-state index contributed by atoms with van der Waals surface area (Å²) >= 11 is 12.8. The van der Waals surface area contributed by atoms with Gasteiger partial charge in [0.05, 0.1) is 28.1 Å². The van der Waals surface area contributed by atoms with E-state index in [1.807, 2.05) is 31.2 Å². The van der Waals surface area contributed by atoms with Crippen LogP contribution in [0.2, 0.25) is 10.0 Å². The molecule has 0 fully saturated rings. The van der Waals surface area contributed by atoms with Gasteiger partial charge in [0.15, 0.2) is 5.69 Å². The summed E-state index contributed by atoms with van der Waals surface area (Å²) in [5, 5.41) is 8.79. The second-order valence-corrected chi connectivity index (χ2v) is 9.90. The van der Waals surface area contributed by atoms with E-state index in [-0.39, 0.29) is 17.8 Å². The Morgan fingerprint density at radius 3 is 2.59 bits per heavy atom. The molecule has 1 N–H and O–H groups in total. The fourth-order valence-electron chi connectivity index (χ4n) is 4.63. The van der Waals surface area contributed by atoms with E-state index in [0.29, 0.717) is 27.8 Å². The summed E-state index contributed by atoms with van der Waals surface area (Å²) in [5.41, 5.74) is 5.33. The van der Waals surface area contributed by atoms with E-state index in [9.17, 15) is 9.18 Å². The summed E-state index contributed by atoms with van der Waals surface area (Å²) in [6.07, 6.45) is 7.07. The third-order valence-electron chi connectivity index (χ3n) is 6.45. The molecule has 5 rings (SSSR count). The number of allylic oxidation sites excluding steroid dienone is 1. The van der Waals surface area contributed by atoms with Crippen LogP contribution in [0.5, 0.6) is 0 Å². The molecule has 1 atom stereocenters. The second-order valence-electron chi connectivity index (χ2n) is 9.06. The topological polar surface area (TPSA) is 59.8 Å². The van der Waals surface area contributed by atoms with Crippen molar-refractivity contribution in [1.82, 2.24) is 20.1 Å². The van der Waals surface area contributed by atoms with Gasteiger partial charge >= 0.3 is 0 Å². The zero-order chi connectivity index (χ0) is 25.9. The highest BCUT2D eigenvalue weighted by atomic mass is 35.5. The van der Waals surface area contributed by atoms with Crippen molar-refractivity contribution >= 4 is 40.8 Å². The van der Waals surface area contributed by atoms with Crippen LogP contribution >= 0.6 is 23.2 Å². The van der Waals surface area contributed by atoms with Gasteiger partial charge in [0.2, 0.25) is 0 Å². The first kappa shape index (κ1) is 25.2. The van der Waals surface area contributed by atoms with Crippen molar-refractivity contribution in [3.63, 3.8) is 0 Å². The van der Waals surface area contributed by atoms with Crippen molar-refractivity contribution in [3.05, 3.63) is 111 Å². The summed E-state index contributed by atoms with van der Waals surface area (Å²) in [6, 6.07) is 16.9. The van der Waals surface area contributed by atoms with E-state index in [4.69, 9.17) is 28.3 Å². The molecule has 188 valence electrons. The first-order chi connectivity index (χ1) is 17.9. The molecular formula is C29H25Cl2FN4O. The van der Waals surface area contributed by atoms with Gasteiger partial charge in [-0.05, 0) is 92.3 Å². The van der Waals surface area contributed by atoms with Crippen molar-refractivity contribution in [1.29, 1.82) is 0 Å². The first-order valence-electron chi connectivity index (χ1n) is 12.2. The minimum atomic E-state index is -0.298. The third kappa shape index (κ3) is 5.45. The maximum Gasteiger partial charge on any atom is 0.272 e.